The molecule has 0 bridgehead atoms. The van der Waals surface area contributed by atoms with Crippen LogP contribution in [0, 0.1) is 18.8 Å². The summed E-state index contributed by atoms with van der Waals surface area (Å²) in [5, 5.41) is 9.22. The van der Waals surface area contributed by atoms with E-state index in [-0.39, 0.29) is 29.8 Å². The molecule has 6 rings (SSSR count). The zero-order valence-electron chi connectivity index (χ0n) is 26.0. The third-order valence-corrected chi connectivity index (χ3v) is 11.9. The molecule has 2 saturated carbocycles. The van der Waals surface area contributed by atoms with Crippen LogP contribution in [0.15, 0.2) is 36.2 Å². The van der Waals surface area contributed by atoms with Gasteiger partial charge in [-0.1, -0.05) is 26.8 Å². The molecule has 0 radical (unpaired) electrons. The lowest BCUT2D eigenvalue weighted by atomic mass is 9.99. The van der Waals surface area contributed by atoms with Crippen molar-refractivity contribution >= 4 is 44.1 Å². The highest BCUT2D eigenvalue weighted by Gasteiger charge is 2.61. The molecule has 2 amide bonds. The third kappa shape index (κ3) is 5.81. The Morgan fingerprint density at radius 1 is 1.22 bits per heavy atom. The van der Waals surface area contributed by atoms with Gasteiger partial charge in [0.05, 0.1) is 29.6 Å². The number of hydrogen-bond acceptors (Lipinski definition) is 10. The molecule has 0 unspecified atom stereocenters. The maximum atomic E-state index is 13.6. The van der Waals surface area contributed by atoms with Crippen molar-refractivity contribution in [2.75, 3.05) is 13.7 Å². The molecule has 3 aliphatic rings. The minimum absolute atomic E-state index is 0.278. The maximum absolute atomic E-state index is 13.6. The number of nitrogens with one attached hydrogen (secondary N) is 3. The van der Waals surface area contributed by atoms with E-state index in [1.54, 1.807) is 13.2 Å². The number of thiazole rings is 1. The molecule has 45 heavy (non-hydrogen) atoms. The summed E-state index contributed by atoms with van der Waals surface area (Å²) in [6.07, 6.45) is 2.55. The average Bonchev–Trinajstić information content (AvgIpc) is 3.89. The molecule has 1 aromatic carbocycles. The molecule has 11 nitrogen and oxygen atoms in total. The second-order valence-electron chi connectivity index (χ2n) is 12.6. The fraction of sp³-hybridized carbons (Fsp3) is 0.500. The second-order valence-corrected chi connectivity index (χ2v) is 15.4. The van der Waals surface area contributed by atoms with E-state index in [9.17, 15) is 18.0 Å². The van der Waals surface area contributed by atoms with Crippen molar-refractivity contribution in [1.29, 1.82) is 0 Å². The lowest BCUT2D eigenvalue weighted by molar-refractivity contribution is -0.130. The summed E-state index contributed by atoms with van der Waals surface area (Å²) >= 11 is 1.53. The van der Waals surface area contributed by atoms with Gasteiger partial charge >= 0.3 is 0 Å². The molecule has 0 spiro atoms. The molecule has 240 valence electrons. The van der Waals surface area contributed by atoms with Crippen LogP contribution in [0.4, 0.5) is 0 Å². The first-order valence-electron chi connectivity index (χ1n) is 15.2. The van der Waals surface area contributed by atoms with Gasteiger partial charge in [0, 0.05) is 40.8 Å². The number of ether oxygens (including phenoxy) is 2. The molecule has 3 fully saturated rings. The Kier molecular flexibility index (Phi) is 8.15. The van der Waals surface area contributed by atoms with Gasteiger partial charge in [-0.3, -0.25) is 14.3 Å². The van der Waals surface area contributed by atoms with Crippen LogP contribution in [0.25, 0.3) is 21.6 Å². The smallest absolute Gasteiger partial charge is 0.259 e. The summed E-state index contributed by atoms with van der Waals surface area (Å²) in [4.78, 5) is 36.5. The number of carbonyl (C=O) groups excluding carboxylic acids is 2. The first kappa shape index (κ1) is 31.4. The Hall–Kier alpha value is -3.55. The highest BCUT2D eigenvalue weighted by molar-refractivity contribution is 7.91. The molecule has 13 heteroatoms. The highest BCUT2D eigenvalue weighted by Crippen LogP contribution is 2.45. The summed E-state index contributed by atoms with van der Waals surface area (Å²) in [6.45, 7) is 12.2. The number of sulfonamides is 1. The maximum Gasteiger partial charge on any atom is 0.259 e. The van der Waals surface area contributed by atoms with Crippen LogP contribution in [0.5, 0.6) is 11.5 Å². The second kappa shape index (κ2) is 11.7. The molecule has 3 heterocycles. The van der Waals surface area contributed by atoms with E-state index in [0.717, 1.165) is 27.2 Å². The minimum Gasteiger partial charge on any atom is -0.496 e. The van der Waals surface area contributed by atoms with Crippen LogP contribution in [0.1, 0.15) is 57.2 Å². The van der Waals surface area contributed by atoms with Crippen LogP contribution < -0.4 is 24.8 Å². The predicted molar refractivity (Wildman–Crippen MR) is 173 cm³/mol. The molecule has 3 N–H and O–H groups in total. The quantitative estimate of drug-likeness (QED) is 0.263. The van der Waals surface area contributed by atoms with Crippen molar-refractivity contribution in [2.24, 2.45) is 11.8 Å². The minimum atomic E-state index is -3.76. The zero-order valence-corrected chi connectivity index (χ0v) is 27.7. The number of pyridine rings is 1. The van der Waals surface area contributed by atoms with Crippen molar-refractivity contribution in [3.8, 4) is 22.2 Å². The van der Waals surface area contributed by atoms with Gasteiger partial charge < -0.3 is 20.1 Å². The molecule has 1 saturated heterocycles. The Morgan fingerprint density at radius 2 is 1.98 bits per heavy atom. The molecular weight excluding hydrogens is 615 g/mol. The Labute approximate surface area is 267 Å². The van der Waals surface area contributed by atoms with Gasteiger partial charge in [-0.15, -0.1) is 17.9 Å². The van der Waals surface area contributed by atoms with Crippen molar-refractivity contribution in [3.05, 3.63) is 47.5 Å². The summed E-state index contributed by atoms with van der Waals surface area (Å²) in [7, 11) is -2.13. The molecule has 1 aliphatic heterocycles. The topological polar surface area (TPSA) is 149 Å². The van der Waals surface area contributed by atoms with Gasteiger partial charge in [0.2, 0.25) is 15.9 Å². The van der Waals surface area contributed by atoms with E-state index in [1.807, 2.05) is 37.4 Å². The van der Waals surface area contributed by atoms with Crippen LogP contribution in [-0.4, -0.2) is 66.8 Å². The molecule has 5 atom stereocenters. The number of aryl methyl sites for hydroxylation is 1. The van der Waals surface area contributed by atoms with E-state index in [4.69, 9.17) is 19.4 Å². The van der Waals surface area contributed by atoms with Crippen molar-refractivity contribution in [3.63, 3.8) is 0 Å². The van der Waals surface area contributed by atoms with Gasteiger partial charge in [-0.2, -0.15) is 0 Å². The number of amides is 2. The van der Waals surface area contributed by atoms with E-state index < -0.39 is 32.8 Å². The van der Waals surface area contributed by atoms with Gasteiger partial charge in [-0.05, 0) is 44.2 Å². The third-order valence-electron chi connectivity index (χ3n) is 9.16. The number of aromatic nitrogens is 2. The molecule has 2 aromatic heterocycles. The van der Waals surface area contributed by atoms with E-state index in [2.05, 4.69) is 35.8 Å². The van der Waals surface area contributed by atoms with Gasteiger partial charge in [0.25, 0.3) is 5.91 Å². The molecular formula is C32H39N5O6S2. The summed E-state index contributed by atoms with van der Waals surface area (Å²) in [6, 6.07) is 5.05. The number of nitrogens with zero attached hydrogens (tertiary/aromatic N) is 2. The first-order chi connectivity index (χ1) is 21.4. The van der Waals surface area contributed by atoms with Crippen LogP contribution in [0.2, 0.25) is 0 Å². The number of benzene rings is 1. The molecule has 2 aliphatic carbocycles. The fourth-order valence-corrected chi connectivity index (χ4v) is 8.27. The predicted octanol–water partition coefficient (Wildman–Crippen LogP) is 3.82. The van der Waals surface area contributed by atoms with Gasteiger partial charge in [0.1, 0.15) is 33.8 Å². The van der Waals surface area contributed by atoms with Crippen LogP contribution in [-0.2, 0) is 19.6 Å². The largest absolute Gasteiger partial charge is 0.496 e. The first-order valence-corrected chi connectivity index (χ1v) is 17.7. The number of hydrogen-bond donors (Lipinski definition) is 3. The Balaban J connectivity index is 1.23. The Bertz CT molecular complexity index is 1790. The van der Waals surface area contributed by atoms with Crippen LogP contribution >= 0.6 is 11.3 Å². The van der Waals surface area contributed by atoms with E-state index in [1.165, 1.54) is 11.3 Å². The lowest BCUT2D eigenvalue weighted by Gasteiger charge is -2.24. The number of fused-ring (bicyclic) bond motifs is 1. The van der Waals surface area contributed by atoms with E-state index in [0.29, 0.717) is 43.0 Å². The standard InChI is InChI=1S/C32H39N5O6S2/c1-7-19-13-32(19,31(39)37-45(40,41)20-8-9-20)36-29(38)28-18(5)26(14-33-28)43-25-12-22(30-35-23(15-44-30)16(2)3)34-27-17(4)24(42-6)11-10-21(25)27/h7,10-12,15-16,18-20,26,28,33H,1,8-9,13-14H2,2-6H3,(H,36,38)(H,37,39)/t18-,19-,26+,28+,32-/m1/s1. The monoisotopic (exact) mass is 653 g/mol. The SMILES string of the molecule is C=C[C@@H]1C[C@]1(NC(=O)[C@H]1NC[C@H](Oc2cc(-c3nc(C(C)C)cs3)nc3c(C)c(OC)ccc23)[C@H]1C)C(=O)NS(=O)(=O)C1CC1. The Morgan fingerprint density at radius 3 is 2.60 bits per heavy atom. The van der Waals surface area contributed by atoms with E-state index >= 15 is 0 Å². The highest BCUT2D eigenvalue weighted by atomic mass is 32.2. The lowest BCUT2D eigenvalue weighted by Crippen LogP contribution is -2.56. The summed E-state index contributed by atoms with van der Waals surface area (Å²) in [5.41, 5.74) is 1.98. The average molecular weight is 654 g/mol. The normalized spacial score (nSPS) is 26.1. The van der Waals surface area contributed by atoms with Gasteiger partial charge in [0.15, 0.2) is 0 Å². The number of rotatable bonds is 11. The van der Waals surface area contributed by atoms with Crippen molar-refractivity contribution in [2.45, 2.75) is 75.8 Å². The molecule has 3 aromatic rings. The van der Waals surface area contributed by atoms with Crippen LogP contribution in [0.3, 0.4) is 0 Å². The fourth-order valence-electron chi connectivity index (χ4n) is 5.96. The van der Waals surface area contributed by atoms with Crippen molar-refractivity contribution < 1.29 is 27.5 Å². The number of carbonyl (C=O) groups is 2. The van der Waals surface area contributed by atoms with Gasteiger partial charge in [-0.25, -0.2) is 18.4 Å². The number of methoxy groups -OCH3 is 1. The summed E-state index contributed by atoms with van der Waals surface area (Å²) < 4.78 is 39.3. The van der Waals surface area contributed by atoms with Crippen molar-refractivity contribution in [1.82, 2.24) is 25.3 Å². The zero-order chi connectivity index (χ0) is 32.3. The summed E-state index contributed by atoms with van der Waals surface area (Å²) in [5.74, 6) is -0.113.